The summed E-state index contributed by atoms with van der Waals surface area (Å²) in [4.78, 5) is 28.3. The molecule has 0 saturated carbocycles. The zero-order valence-corrected chi connectivity index (χ0v) is 19.7. The summed E-state index contributed by atoms with van der Waals surface area (Å²) >= 11 is 2.69. The van der Waals surface area contributed by atoms with E-state index in [0.717, 1.165) is 32.9 Å². The SMILES string of the molecule is CC(=O)Nc1ccc2nc(NC(=O)CSc3nnc(C)n3-c3cc(C)ccc3C)sc2c1. The molecule has 0 spiro atoms. The van der Waals surface area contributed by atoms with E-state index in [4.69, 9.17) is 0 Å². The van der Waals surface area contributed by atoms with Crippen LogP contribution in [0.5, 0.6) is 0 Å². The topological polar surface area (TPSA) is 102 Å². The number of rotatable bonds is 6. The number of thiazole rings is 1. The van der Waals surface area contributed by atoms with E-state index in [1.165, 1.54) is 30.0 Å². The van der Waals surface area contributed by atoms with Crippen molar-refractivity contribution in [3.63, 3.8) is 0 Å². The summed E-state index contributed by atoms with van der Waals surface area (Å²) in [6.45, 7) is 7.44. The molecule has 0 saturated heterocycles. The first-order valence-corrected chi connectivity index (χ1v) is 11.7. The molecule has 164 valence electrons. The predicted molar refractivity (Wildman–Crippen MR) is 129 cm³/mol. The maximum absolute atomic E-state index is 12.6. The van der Waals surface area contributed by atoms with E-state index in [0.29, 0.717) is 16.0 Å². The monoisotopic (exact) mass is 466 g/mol. The molecule has 10 heteroatoms. The number of aromatic nitrogens is 4. The van der Waals surface area contributed by atoms with Crippen molar-refractivity contribution in [3.8, 4) is 5.69 Å². The van der Waals surface area contributed by atoms with Gasteiger partial charge in [0.15, 0.2) is 10.3 Å². The quantitative estimate of drug-likeness (QED) is 0.406. The normalized spacial score (nSPS) is 11.0. The van der Waals surface area contributed by atoms with Crippen LogP contribution in [-0.4, -0.2) is 37.3 Å². The van der Waals surface area contributed by atoms with Crippen LogP contribution < -0.4 is 10.6 Å². The lowest BCUT2D eigenvalue weighted by molar-refractivity contribution is -0.114. The second kappa shape index (κ2) is 9.09. The number of fused-ring (bicyclic) bond motifs is 1. The molecule has 2 N–H and O–H groups in total. The van der Waals surface area contributed by atoms with Gasteiger partial charge in [-0.3, -0.25) is 14.2 Å². The van der Waals surface area contributed by atoms with Crippen molar-refractivity contribution in [1.29, 1.82) is 0 Å². The average molecular weight is 467 g/mol. The van der Waals surface area contributed by atoms with E-state index in [2.05, 4.69) is 44.0 Å². The number of anilines is 2. The number of carbonyl (C=O) groups excluding carboxylic acids is 2. The number of aryl methyl sites for hydroxylation is 3. The number of amides is 2. The Morgan fingerprint density at radius 1 is 1.06 bits per heavy atom. The Balaban J connectivity index is 1.46. The molecule has 0 aliphatic heterocycles. The van der Waals surface area contributed by atoms with Gasteiger partial charge in [0.2, 0.25) is 11.8 Å². The van der Waals surface area contributed by atoms with Gasteiger partial charge in [-0.25, -0.2) is 4.98 Å². The Kier molecular flexibility index (Phi) is 6.24. The highest BCUT2D eigenvalue weighted by Gasteiger charge is 2.16. The number of carbonyl (C=O) groups is 2. The molecule has 8 nitrogen and oxygen atoms in total. The molecule has 0 fully saturated rings. The zero-order valence-electron chi connectivity index (χ0n) is 18.1. The van der Waals surface area contributed by atoms with Gasteiger partial charge in [-0.15, -0.1) is 10.2 Å². The summed E-state index contributed by atoms with van der Waals surface area (Å²) in [6, 6.07) is 11.7. The number of hydrogen-bond acceptors (Lipinski definition) is 7. The minimum absolute atomic E-state index is 0.136. The van der Waals surface area contributed by atoms with Crippen LogP contribution in [0.2, 0.25) is 0 Å². The van der Waals surface area contributed by atoms with E-state index in [9.17, 15) is 9.59 Å². The van der Waals surface area contributed by atoms with Crippen molar-refractivity contribution < 1.29 is 9.59 Å². The second-order valence-corrected chi connectivity index (χ2v) is 9.35. The summed E-state index contributed by atoms with van der Waals surface area (Å²) in [5.41, 5.74) is 4.72. The van der Waals surface area contributed by atoms with Crippen LogP contribution in [0.3, 0.4) is 0 Å². The van der Waals surface area contributed by atoms with Crippen LogP contribution in [0.15, 0.2) is 41.6 Å². The number of nitrogens with one attached hydrogen (secondary N) is 2. The molecule has 2 aromatic carbocycles. The molecule has 0 radical (unpaired) electrons. The van der Waals surface area contributed by atoms with Crippen LogP contribution >= 0.6 is 23.1 Å². The molecule has 0 aliphatic rings. The fraction of sp³-hybridized carbons (Fsp3) is 0.227. The van der Waals surface area contributed by atoms with Gasteiger partial charge in [0.1, 0.15) is 5.82 Å². The van der Waals surface area contributed by atoms with E-state index >= 15 is 0 Å². The molecule has 32 heavy (non-hydrogen) atoms. The lowest BCUT2D eigenvalue weighted by Gasteiger charge is -2.12. The van der Waals surface area contributed by atoms with Crippen LogP contribution in [0.1, 0.15) is 23.9 Å². The van der Waals surface area contributed by atoms with Crippen molar-refractivity contribution in [2.45, 2.75) is 32.9 Å². The van der Waals surface area contributed by atoms with Crippen molar-refractivity contribution in [1.82, 2.24) is 19.7 Å². The van der Waals surface area contributed by atoms with E-state index in [1.807, 2.05) is 37.5 Å². The number of nitrogens with zero attached hydrogens (tertiary/aromatic N) is 4. The average Bonchev–Trinajstić information content (AvgIpc) is 3.30. The van der Waals surface area contributed by atoms with Crippen molar-refractivity contribution in [3.05, 3.63) is 53.3 Å². The molecular formula is C22H22N6O2S2. The lowest BCUT2D eigenvalue weighted by atomic mass is 10.1. The highest BCUT2D eigenvalue weighted by molar-refractivity contribution is 7.99. The minimum atomic E-state index is -0.177. The third-order valence-corrected chi connectivity index (χ3v) is 6.55. The standard InChI is InChI=1S/C22H22N6O2S2/c1-12-5-6-13(2)18(9-12)28-14(3)26-27-22(28)31-11-20(30)25-21-24-17-8-7-16(23-15(4)29)10-19(17)32-21/h5-10H,11H2,1-4H3,(H,23,29)(H,24,25,30). The molecule has 2 amide bonds. The van der Waals surface area contributed by atoms with Crippen LogP contribution in [0.25, 0.3) is 15.9 Å². The van der Waals surface area contributed by atoms with Gasteiger partial charge in [-0.2, -0.15) is 0 Å². The van der Waals surface area contributed by atoms with E-state index in [-0.39, 0.29) is 17.6 Å². The van der Waals surface area contributed by atoms with Crippen LogP contribution in [0.4, 0.5) is 10.8 Å². The molecule has 4 aromatic rings. The van der Waals surface area contributed by atoms with Gasteiger partial charge in [0, 0.05) is 12.6 Å². The fourth-order valence-electron chi connectivity index (χ4n) is 3.22. The van der Waals surface area contributed by atoms with E-state index in [1.54, 1.807) is 6.07 Å². The smallest absolute Gasteiger partial charge is 0.236 e. The summed E-state index contributed by atoms with van der Waals surface area (Å²) in [7, 11) is 0. The molecule has 0 atom stereocenters. The third-order valence-electron chi connectivity index (χ3n) is 4.69. The summed E-state index contributed by atoms with van der Waals surface area (Å²) in [5.74, 6) is 0.631. The first kappa shape index (κ1) is 22.0. The first-order valence-electron chi connectivity index (χ1n) is 9.90. The number of benzene rings is 2. The van der Waals surface area contributed by atoms with Gasteiger partial charge in [0.05, 0.1) is 21.7 Å². The van der Waals surface area contributed by atoms with Gasteiger partial charge in [-0.05, 0) is 56.2 Å². The van der Waals surface area contributed by atoms with Crippen molar-refractivity contribution in [2.24, 2.45) is 0 Å². The molecule has 0 aliphatic carbocycles. The third kappa shape index (κ3) is 4.81. The van der Waals surface area contributed by atoms with Crippen molar-refractivity contribution >= 4 is 55.9 Å². The fourth-order valence-corrected chi connectivity index (χ4v) is 4.93. The number of thioether (sulfide) groups is 1. The molecule has 2 heterocycles. The molecule has 4 rings (SSSR count). The highest BCUT2D eigenvalue weighted by Crippen LogP contribution is 2.29. The second-order valence-electron chi connectivity index (χ2n) is 7.37. The zero-order chi connectivity index (χ0) is 22.8. The Bertz CT molecular complexity index is 1330. The molecule has 0 bridgehead atoms. The predicted octanol–water partition coefficient (Wildman–Crippen LogP) is 4.49. The van der Waals surface area contributed by atoms with Gasteiger partial charge in [0.25, 0.3) is 0 Å². The lowest BCUT2D eigenvalue weighted by Crippen LogP contribution is -2.14. The highest BCUT2D eigenvalue weighted by atomic mass is 32.2. The van der Waals surface area contributed by atoms with E-state index < -0.39 is 0 Å². The Labute approximate surface area is 193 Å². The van der Waals surface area contributed by atoms with Gasteiger partial charge in [-0.1, -0.05) is 35.2 Å². The Morgan fingerprint density at radius 2 is 1.88 bits per heavy atom. The maximum atomic E-state index is 12.6. The molecular weight excluding hydrogens is 444 g/mol. The summed E-state index contributed by atoms with van der Waals surface area (Å²) in [5, 5.41) is 15.2. The largest absolute Gasteiger partial charge is 0.326 e. The number of hydrogen-bond donors (Lipinski definition) is 2. The van der Waals surface area contributed by atoms with Gasteiger partial charge >= 0.3 is 0 Å². The first-order chi connectivity index (χ1) is 15.3. The van der Waals surface area contributed by atoms with Crippen LogP contribution in [-0.2, 0) is 9.59 Å². The molecule has 2 aromatic heterocycles. The minimum Gasteiger partial charge on any atom is -0.326 e. The Hall–Kier alpha value is -3.24. The van der Waals surface area contributed by atoms with Crippen molar-refractivity contribution in [2.75, 3.05) is 16.4 Å². The van der Waals surface area contributed by atoms with Gasteiger partial charge < -0.3 is 10.6 Å². The maximum Gasteiger partial charge on any atom is 0.236 e. The molecule has 0 unspecified atom stereocenters. The summed E-state index contributed by atoms with van der Waals surface area (Å²) < 4.78 is 2.85. The summed E-state index contributed by atoms with van der Waals surface area (Å²) in [6.07, 6.45) is 0. The van der Waals surface area contributed by atoms with Crippen LogP contribution in [0, 0.1) is 20.8 Å². The Morgan fingerprint density at radius 3 is 2.66 bits per heavy atom.